The number of amides is 1. The molecular formula is C20H19ClF3N5O2. The quantitative estimate of drug-likeness (QED) is 0.585. The summed E-state index contributed by atoms with van der Waals surface area (Å²) in [5, 5.41) is 6.99. The van der Waals surface area contributed by atoms with Crippen LogP contribution in [0.4, 0.5) is 18.9 Å². The standard InChI is InChI=1S/C20H19ClF3N5O2/c1-28(9-13-7-15(21)4-6-18(13)31-2)10-19(30)27-16-8-14(20(22,23)24)3-5-17(16)29-12-25-11-26-29/h3-8,11-12H,9-10H2,1-2H3,(H,27,30). The highest BCUT2D eigenvalue weighted by Gasteiger charge is 2.31. The molecular weight excluding hydrogens is 435 g/mol. The monoisotopic (exact) mass is 453 g/mol. The van der Waals surface area contributed by atoms with E-state index in [9.17, 15) is 18.0 Å². The zero-order chi connectivity index (χ0) is 22.6. The Morgan fingerprint density at radius 3 is 2.68 bits per heavy atom. The van der Waals surface area contributed by atoms with Crippen molar-refractivity contribution in [3.8, 4) is 11.4 Å². The first-order valence-corrected chi connectivity index (χ1v) is 9.42. The summed E-state index contributed by atoms with van der Waals surface area (Å²) < 4.78 is 46.0. The predicted octanol–water partition coefficient (Wildman–Crippen LogP) is 4.02. The average Bonchev–Trinajstić information content (AvgIpc) is 3.21. The Hall–Kier alpha value is -3.11. The van der Waals surface area contributed by atoms with Crippen LogP contribution in [0.3, 0.4) is 0 Å². The van der Waals surface area contributed by atoms with Gasteiger partial charge in [0.05, 0.1) is 30.6 Å². The second-order valence-corrected chi connectivity index (χ2v) is 7.18. The number of rotatable bonds is 7. The summed E-state index contributed by atoms with van der Waals surface area (Å²) in [6.45, 7) is 0.262. The normalized spacial score (nSPS) is 11.6. The number of carbonyl (C=O) groups is 1. The van der Waals surface area contributed by atoms with Gasteiger partial charge >= 0.3 is 6.18 Å². The molecule has 31 heavy (non-hydrogen) atoms. The van der Waals surface area contributed by atoms with Crippen molar-refractivity contribution in [3.63, 3.8) is 0 Å². The number of ether oxygens (including phenoxy) is 1. The average molecular weight is 454 g/mol. The Balaban J connectivity index is 1.77. The lowest BCUT2D eigenvalue weighted by molar-refractivity contribution is -0.137. The van der Waals surface area contributed by atoms with Gasteiger partial charge in [0.15, 0.2) is 0 Å². The van der Waals surface area contributed by atoms with E-state index < -0.39 is 17.6 Å². The molecule has 11 heteroatoms. The number of nitrogens with one attached hydrogen (secondary N) is 1. The van der Waals surface area contributed by atoms with E-state index in [1.165, 1.54) is 30.5 Å². The van der Waals surface area contributed by atoms with Crippen molar-refractivity contribution < 1.29 is 22.7 Å². The van der Waals surface area contributed by atoms with Crippen LogP contribution in [-0.4, -0.2) is 46.3 Å². The van der Waals surface area contributed by atoms with E-state index in [0.717, 1.165) is 17.7 Å². The Bertz CT molecular complexity index is 1060. The Kier molecular flexibility index (Phi) is 6.81. The molecule has 0 aliphatic heterocycles. The third kappa shape index (κ3) is 5.74. The molecule has 0 unspecified atom stereocenters. The van der Waals surface area contributed by atoms with Crippen molar-refractivity contribution in [3.05, 3.63) is 65.2 Å². The van der Waals surface area contributed by atoms with Crippen LogP contribution in [0.25, 0.3) is 5.69 Å². The van der Waals surface area contributed by atoms with E-state index in [2.05, 4.69) is 15.4 Å². The molecule has 0 bridgehead atoms. The predicted molar refractivity (Wildman–Crippen MR) is 109 cm³/mol. The van der Waals surface area contributed by atoms with Gasteiger partial charge in [-0.15, -0.1) is 0 Å². The van der Waals surface area contributed by atoms with Gasteiger partial charge in [0, 0.05) is 17.1 Å². The van der Waals surface area contributed by atoms with Crippen LogP contribution in [0.2, 0.25) is 5.02 Å². The van der Waals surface area contributed by atoms with Crippen molar-refractivity contribution >= 4 is 23.2 Å². The zero-order valence-corrected chi connectivity index (χ0v) is 17.4. The number of aromatic nitrogens is 3. The molecule has 1 heterocycles. The van der Waals surface area contributed by atoms with Crippen LogP contribution in [0.1, 0.15) is 11.1 Å². The SMILES string of the molecule is COc1ccc(Cl)cc1CN(C)CC(=O)Nc1cc(C(F)(F)F)ccc1-n1cncn1. The molecule has 0 aliphatic rings. The van der Waals surface area contributed by atoms with Crippen molar-refractivity contribution in [2.24, 2.45) is 0 Å². The number of alkyl halides is 3. The van der Waals surface area contributed by atoms with E-state index >= 15 is 0 Å². The van der Waals surface area contributed by atoms with Gasteiger partial charge in [-0.3, -0.25) is 9.69 Å². The van der Waals surface area contributed by atoms with E-state index in [4.69, 9.17) is 16.3 Å². The fraction of sp³-hybridized carbons (Fsp3) is 0.250. The molecule has 1 N–H and O–H groups in total. The maximum absolute atomic E-state index is 13.2. The number of hydrogen-bond acceptors (Lipinski definition) is 5. The molecule has 7 nitrogen and oxygen atoms in total. The summed E-state index contributed by atoms with van der Waals surface area (Å²) in [5.41, 5.74) is 0.119. The van der Waals surface area contributed by atoms with Crippen LogP contribution in [-0.2, 0) is 17.5 Å². The minimum atomic E-state index is -4.56. The number of nitrogens with zero attached hydrogens (tertiary/aromatic N) is 4. The largest absolute Gasteiger partial charge is 0.496 e. The number of hydrogen-bond donors (Lipinski definition) is 1. The number of methoxy groups -OCH3 is 1. The van der Waals surface area contributed by atoms with Crippen molar-refractivity contribution in [1.82, 2.24) is 19.7 Å². The molecule has 0 atom stereocenters. The summed E-state index contributed by atoms with van der Waals surface area (Å²) in [6, 6.07) is 8.16. The smallest absolute Gasteiger partial charge is 0.416 e. The molecule has 0 spiro atoms. The summed E-state index contributed by atoms with van der Waals surface area (Å²) in [6.07, 6.45) is -1.98. The van der Waals surface area contributed by atoms with Gasteiger partial charge in [0.1, 0.15) is 18.4 Å². The van der Waals surface area contributed by atoms with E-state index in [-0.39, 0.29) is 17.9 Å². The molecule has 3 rings (SSSR count). The van der Waals surface area contributed by atoms with Gasteiger partial charge in [-0.2, -0.15) is 18.3 Å². The Morgan fingerprint density at radius 2 is 2.03 bits per heavy atom. The van der Waals surface area contributed by atoms with Gasteiger partial charge < -0.3 is 10.1 Å². The maximum Gasteiger partial charge on any atom is 0.416 e. The first-order chi connectivity index (χ1) is 14.7. The second kappa shape index (κ2) is 9.36. The fourth-order valence-electron chi connectivity index (χ4n) is 3.00. The van der Waals surface area contributed by atoms with Gasteiger partial charge in [-0.1, -0.05) is 11.6 Å². The highest BCUT2D eigenvalue weighted by atomic mass is 35.5. The van der Waals surface area contributed by atoms with Gasteiger partial charge in [-0.05, 0) is 43.4 Å². The third-order valence-electron chi connectivity index (χ3n) is 4.36. The molecule has 0 radical (unpaired) electrons. The van der Waals surface area contributed by atoms with Gasteiger partial charge in [-0.25, -0.2) is 9.67 Å². The number of benzene rings is 2. The highest BCUT2D eigenvalue weighted by molar-refractivity contribution is 6.30. The molecule has 0 aliphatic carbocycles. The zero-order valence-electron chi connectivity index (χ0n) is 16.7. The first-order valence-electron chi connectivity index (χ1n) is 9.04. The van der Waals surface area contributed by atoms with Crippen LogP contribution in [0, 0.1) is 0 Å². The van der Waals surface area contributed by atoms with E-state index in [1.54, 1.807) is 30.1 Å². The number of anilines is 1. The minimum Gasteiger partial charge on any atom is -0.496 e. The second-order valence-electron chi connectivity index (χ2n) is 6.75. The number of likely N-dealkylation sites (N-methyl/N-ethyl adjacent to an activating group) is 1. The van der Waals surface area contributed by atoms with Gasteiger partial charge in [0.25, 0.3) is 0 Å². The van der Waals surface area contributed by atoms with E-state index in [0.29, 0.717) is 17.3 Å². The maximum atomic E-state index is 13.2. The summed E-state index contributed by atoms with van der Waals surface area (Å²) >= 11 is 6.03. The molecule has 2 aromatic carbocycles. The number of carbonyl (C=O) groups excluding carboxylic acids is 1. The number of halogens is 4. The molecule has 0 saturated carbocycles. The molecule has 0 fully saturated rings. The Morgan fingerprint density at radius 1 is 1.26 bits per heavy atom. The first kappa shape index (κ1) is 22.6. The molecule has 0 saturated heterocycles. The van der Waals surface area contributed by atoms with Gasteiger partial charge in [0.2, 0.25) is 5.91 Å². The summed E-state index contributed by atoms with van der Waals surface area (Å²) in [4.78, 5) is 18.1. The Labute approximate surface area is 181 Å². The van der Waals surface area contributed by atoms with Crippen molar-refractivity contribution in [1.29, 1.82) is 0 Å². The van der Waals surface area contributed by atoms with Crippen molar-refractivity contribution in [2.75, 3.05) is 26.0 Å². The summed E-state index contributed by atoms with van der Waals surface area (Å²) in [7, 11) is 3.23. The lowest BCUT2D eigenvalue weighted by Crippen LogP contribution is -2.30. The molecule has 1 aromatic heterocycles. The lowest BCUT2D eigenvalue weighted by Gasteiger charge is -2.19. The van der Waals surface area contributed by atoms with Crippen LogP contribution in [0.15, 0.2) is 49.1 Å². The van der Waals surface area contributed by atoms with Crippen LogP contribution >= 0.6 is 11.6 Å². The van der Waals surface area contributed by atoms with E-state index in [1.807, 2.05) is 0 Å². The van der Waals surface area contributed by atoms with Crippen LogP contribution in [0.5, 0.6) is 5.75 Å². The third-order valence-corrected chi connectivity index (χ3v) is 4.59. The topological polar surface area (TPSA) is 72.3 Å². The van der Waals surface area contributed by atoms with Crippen LogP contribution < -0.4 is 10.1 Å². The van der Waals surface area contributed by atoms with Crippen molar-refractivity contribution in [2.45, 2.75) is 12.7 Å². The molecule has 164 valence electrons. The summed E-state index contributed by atoms with van der Waals surface area (Å²) in [5.74, 6) is 0.118. The highest BCUT2D eigenvalue weighted by Crippen LogP contribution is 2.33. The molecule has 3 aromatic rings. The minimum absolute atomic E-state index is 0.0286. The fourth-order valence-corrected chi connectivity index (χ4v) is 3.19. The molecule has 1 amide bonds. The lowest BCUT2D eigenvalue weighted by atomic mass is 10.1.